The van der Waals surface area contributed by atoms with Crippen LogP contribution >= 0.6 is 0 Å². The summed E-state index contributed by atoms with van der Waals surface area (Å²) in [7, 11) is 0. The topological polar surface area (TPSA) is 70.5 Å². The van der Waals surface area contributed by atoms with Gasteiger partial charge in [0, 0.05) is 18.7 Å². The number of aromatic nitrogens is 1. The van der Waals surface area contributed by atoms with Crippen LogP contribution in [-0.4, -0.2) is 39.5 Å². The molecule has 0 unspecified atom stereocenters. The van der Waals surface area contributed by atoms with Gasteiger partial charge in [0.2, 0.25) is 0 Å². The summed E-state index contributed by atoms with van der Waals surface area (Å²) in [6.45, 7) is 2.30. The zero-order valence-corrected chi connectivity index (χ0v) is 8.83. The second kappa shape index (κ2) is 3.92. The molecular weight excluding hydrogens is 208 g/mol. The molecule has 0 aromatic carbocycles. The van der Waals surface area contributed by atoms with E-state index in [1.165, 1.54) is 11.1 Å². The Kier molecular flexibility index (Phi) is 2.60. The molecule has 1 aromatic heterocycles. The number of rotatable bonds is 2. The number of carboxylic acids is 1. The zero-order chi connectivity index (χ0) is 11.7. The molecule has 1 aliphatic rings. The molecule has 1 amide bonds. The first-order valence-corrected chi connectivity index (χ1v) is 5.06. The Bertz CT molecular complexity index is 418. The van der Waals surface area contributed by atoms with Crippen molar-refractivity contribution in [2.45, 2.75) is 13.0 Å². The number of carbonyl (C=O) groups is 2. The van der Waals surface area contributed by atoms with Crippen LogP contribution in [0.2, 0.25) is 0 Å². The van der Waals surface area contributed by atoms with Crippen molar-refractivity contribution in [2.75, 3.05) is 6.54 Å². The molecule has 2 rings (SSSR count). The SMILES string of the molecule is C[C@H]1CN(C(=O)c2ccccn2)[C@@H]1C(=O)O. The number of hydrogen-bond donors (Lipinski definition) is 1. The maximum absolute atomic E-state index is 11.9. The van der Waals surface area contributed by atoms with Crippen LogP contribution < -0.4 is 0 Å². The second-order valence-electron chi connectivity index (χ2n) is 3.93. The summed E-state index contributed by atoms with van der Waals surface area (Å²) in [5.74, 6) is -1.26. The van der Waals surface area contributed by atoms with Crippen LogP contribution in [0.5, 0.6) is 0 Å². The van der Waals surface area contributed by atoms with Gasteiger partial charge in [-0.2, -0.15) is 0 Å². The van der Waals surface area contributed by atoms with Gasteiger partial charge in [0.1, 0.15) is 11.7 Å². The van der Waals surface area contributed by atoms with E-state index < -0.39 is 12.0 Å². The summed E-state index contributed by atoms with van der Waals surface area (Å²) >= 11 is 0. The molecule has 0 saturated carbocycles. The van der Waals surface area contributed by atoms with E-state index in [9.17, 15) is 9.59 Å². The molecule has 5 heteroatoms. The molecule has 1 fully saturated rings. The molecule has 1 saturated heterocycles. The lowest BCUT2D eigenvalue weighted by atomic mass is 9.90. The van der Waals surface area contributed by atoms with Gasteiger partial charge in [-0.3, -0.25) is 9.78 Å². The van der Waals surface area contributed by atoms with E-state index in [2.05, 4.69) is 4.98 Å². The number of pyridine rings is 1. The van der Waals surface area contributed by atoms with E-state index in [-0.39, 0.29) is 11.8 Å². The van der Waals surface area contributed by atoms with E-state index in [4.69, 9.17) is 5.11 Å². The first-order valence-electron chi connectivity index (χ1n) is 5.06. The number of aliphatic carboxylic acids is 1. The molecule has 0 spiro atoms. The highest BCUT2D eigenvalue weighted by atomic mass is 16.4. The van der Waals surface area contributed by atoms with Crippen molar-refractivity contribution in [3.63, 3.8) is 0 Å². The van der Waals surface area contributed by atoms with Crippen LogP contribution in [0.1, 0.15) is 17.4 Å². The minimum absolute atomic E-state index is 0.00478. The summed E-state index contributed by atoms with van der Waals surface area (Å²) in [6, 6.07) is 4.29. The van der Waals surface area contributed by atoms with Crippen LogP contribution in [0.3, 0.4) is 0 Å². The largest absolute Gasteiger partial charge is 0.480 e. The van der Waals surface area contributed by atoms with E-state index in [0.29, 0.717) is 12.2 Å². The van der Waals surface area contributed by atoms with Crippen molar-refractivity contribution in [2.24, 2.45) is 5.92 Å². The van der Waals surface area contributed by atoms with Crippen LogP contribution in [0, 0.1) is 5.92 Å². The molecule has 16 heavy (non-hydrogen) atoms. The highest BCUT2D eigenvalue weighted by molar-refractivity contribution is 5.96. The van der Waals surface area contributed by atoms with E-state index in [1.54, 1.807) is 18.2 Å². The normalized spacial score (nSPS) is 23.7. The number of carboxylic acid groups (broad SMARTS) is 1. The molecular formula is C11H12N2O3. The minimum Gasteiger partial charge on any atom is -0.480 e. The second-order valence-corrected chi connectivity index (χ2v) is 3.93. The molecule has 84 valence electrons. The quantitative estimate of drug-likeness (QED) is 0.793. The average Bonchev–Trinajstić information content (AvgIpc) is 2.25. The smallest absolute Gasteiger partial charge is 0.326 e. The predicted octanol–water partition coefficient (Wildman–Crippen LogP) is 0.627. The average molecular weight is 220 g/mol. The maximum atomic E-state index is 11.9. The first kappa shape index (κ1) is 10.6. The third-order valence-corrected chi connectivity index (χ3v) is 2.76. The van der Waals surface area contributed by atoms with E-state index in [0.717, 1.165) is 0 Å². The molecule has 0 bridgehead atoms. The molecule has 5 nitrogen and oxygen atoms in total. The van der Waals surface area contributed by atoms with Crippen LogP contribution in [0.4, 0.5) is 0 Å². The van der Waals surface area contributed by atoms with Gasteiger partial charge in [-0.1, -0.05) is 13.0 Å². The van der Waals surface area contributed by atoms with Crippen LogP contribution in [0.15, 0.2) is 24.4 Å². The number of nitrogens with zero attached hydrogens (tertiary/aromatic N) is 2. The lowest BCUT2D eigenvalue weighted by Crippen LogP contribution is -2.61. The fraction of sp³-hybridized carbons (Fsp3) is 0.364. The van der Waals surface area contributed by atoms with E-state index in [1.807, 2.05) is 6.92 Å². The fourth-order valence-corrected chi connectivity index (χ4v) is 1.92. The van der Waals surface area contributed by atoms with Gasteiger partial charge >= 0.3 is 5.97 Å². The predicted molar refractivity (Wildman–Crippen MR) is 55.9 cm³/mol. The fourth-order valence-electron chi connectivity index (χ4n) is 1.92. The molecule has 2 heterocycles. The summed E-state index contributed by atoms with van der Waals surface area (Å²) in [5, 5.41) is 8.96. The van der Waals surface area contributed by atoms with Crippen molar-refractivity contribution in [1.82, 2.24) is 9.88 Å². The number of amides is 1. The Hall–Kier alpha value is -1.91. The van der Waals surface area contributed by atoms with Gasteiger partial charge < -0.3 is 10.0 Å². The van der Waals surface area contributed by atoms with Gasteiger partial charge in [-0.05, 0) is 12.1 Å². The van der Waals surface area contributed by atoms with Crippen molar-refractivity contribution in [3.8, 4) is 0 Å². The van der Waals surface area contributed by atoms with Gasteiger partial charge in [0.05, 0.1) is 0 Å². The highest BCUT2D eigenvalue weighted by Gasteiger charge is 2.44. The van der Waals surface area contributed by atoms with Gasteiger partial charge in [-0.15, -0.1) is 0 Å². The van der Waals surface area contributed by atoms with Crippen LogP contribution in [0.25, 0.3) is 0 Å². The zero-order valence-electron chi connectivity index (χ0n) is 8.83. The summed E-state index contributed by atoms with van der Waals surface area (Å²) in [5.41, 5.74) is 0.292. The lowest BCUT2D eigenvalue weighted by molar-refractivity contribution is -0.149. The Morgan fingerprint density at radius 2 is 2.25 bits per heavy atom. The summed E-state index contributed by atoms with van der Waals surface area (Å²) in [4.78, 5) is 28.1. The molecule has 0 aliphatic carbocycles. The third kappa shape index (κ3) is 1.64. The van der Waals surface area contributed by atoms with Gasteiger partial charge in [-0.25, -0.2) is 4.79 Å². The van der Waals surface area contributed by atoms with Crippen molar-refractivity contribution in [3.05, 3.63) is 30.1 Å². The number of hydrogen-bond acceptors (Lipinski definition) is 3. The van der Waals surface area contributed by atoms with Crippen molar-refractivity contribution in [1.29, 1.82) is 0 Å². The Morgan fingerprint density at radius 3 is 2.75 bits per heavy atom. The Morgan fingerprint density at radius 1 is 1.50 bits per heavy atom. The van der Waals surface area contributed by atoms with Gasteiger partial charge in [0.25, 0.3) is 5.91 Å². The Labute approximate surface area is 92.7 Å². The summed E-state index contributed by atoms with van der Waals surface area (Å²) in [6.07, 6.45) is 1.52. The molecule has 1 aliphatic heterocycles. The van der Waals surface area contributed by atoms with Crippen molar-refractivity contribution < 1.29 is 14.7 Å². The summed E-state index contributed by atoms with van der Waals surface area (Å²) < 4.78 is 0. The number of likely N-dealkylation sites (tertiary alicyclic amines) is 1. The molecule has 0 radical (unpaired) electrons. The minimum atomic E-state index is -0.956. The molecule has 1 N–H and O–H groups in total. The number of carbonyl (C=O) groups excluding carboxylic acids is 1. The lowest BCUT2D eigenvalue weighted by Gasteiger charge is -2.43. The van der Waals surface area contributed by atoms with Crippen LogP contribution in [-0.2, 0) is 4.79 Å². The van der Waals surface area contributed by atoms with Gasteiger partial charge in [0.15, 0.2) is 0 Å². The van der Waals surface area contributed by atoms with Crippen molar-refractivity contribution >= 4 is 11.9 Å². The monoisotopic (exact) mass is 220 g/mol. The van der Waals surface area contributed by atoms with E-state index >= 15 is 0 Å². The highest BCUT2D eigenvalue weighted by Crippen LogP contribution is 2.26. The first-order chi connectivity index (χ1) is 7.61. The Balaban J connectivity index is 2.16. The maximum Gasteiger partial charge on any atom is 0.326 e. The molecule has 1 aromatic rings. The standard InChI is InChI=1S/C11H12N2O3/c1-7-6-13(9(7)11(15)16)10(14)8-4-2-3-5-12-8/h2-5,7,9H,6H2,1H3,(H,15,16)/t7-,9-/m0/s1. The third-order valence-electron chi connectivity index (χ3n) is 2.76. The molecule has 2 atom stereocenters.